The quantitative estimate of drug-likeness (QED) is 0.770. The second-order valence-electron chi connectivity index (χ2n) is 5.46. The molecule has 0 radical (unpaired) electrons. The number of aromatic nitrogens is 2. The maximum Gasteiger partial charge on any atom is 0.246 e. The normalized spacial score (nSPS) is 11.0. The fourth-order valence-electron chi connectivity index (χ4n) is 2.24. The minimum atomic E-state index is -0.0516. The van der Waals surface area contributed by atoms with E-state index in [0.717, 1.165) is 22.7 Å². The van der Waals surface area contributed by atoms with Gasteiger partial charge in [0.1, 0.15) is 12.4 Å². The number of aryl methyl sites for hydroxylation is 2. The van der Waals surface area contributed by atoms with Crippen LogP contribution in [0, 0.1) is 13.8 Å². The number of ether oxygens (including phenoxy) is 1. The number of nitrogens with zero attached hydrogens (tertiary/aromatic N) is 3. The molecule has 0 saturated heterocycles. The molecule has 1 aromatic heterocycles. The molecule has 0 saturated carbocycles. The van der Waals surface area contributed by atoms with Gasteiger partial charge in [0.05, 0.1) is 12.2 Å². The van der Waals surface area contributed by atoms with Crippen molar-refractivity contribution in [1.29, 1.82) is 0 Å². The maximum atomic E-state index is 12.1. The van der Waals surface area contributed by atoms with E-state index in [4.69, 9.17) is 4.74 Å². The fraction of sp³-hybridized carbons (Fsp3) is 0.333. The lowest BCUT2D eigenvalue weighted by atomic mass is 10.2. The highest BCUT2D eigenvalue weighted by molar-refractivity contribution is 5.91. The Balaban J connectivity index is 1.86. The first-order chi connectivity index (χ1) is 11.0. The minimum absolute atomic E-state index is 0.0516. The molecule has 0 fully saturated rings. The molecule has 2 aromatic rings. The smallest absolute Gasteiger partial charge is 0.246 e. The van der Waals surface area contributed by atoms with Crippen molar-refractivity contribution in [3.05, 3.63) is 53.4 Å². The molecule has 0 N–H and O–H groups in total. The van der Waals surface area contributed by atoms with Gasteiger partial charge in [-0.25, -0.2) is 0 Å². The van der Waals surface area contributed by atoms with E-state index >= 15 is 0 Å². The zero-order valence-electron chi connectivity index (χ0n) is 14.1. The topological polar surface area (TPSA) is 47.4 Å². The van der Waals surface area contributed by atoms with E-state index in [0.29, 0.717) is 13.2 Å². The Bertz CT molecular complexity index is 690. The van der Waals surface area contributed by atoms with Gasteiger partial charge in [0.15, 0.2) is 0 Å². The Morgan fingerprint density at radius 2 is 2.00 bits per heavy atom. The first kappa shape index (κ1) is 16.8. The number of carbonyl (C=O) groups excluding carboxylic acids is 1. The van der Waals surface area contributed by atoms with Crippen LogP contribution >= 0.6 is 0 Å². The maximum absolute atomic E-state index is 12.1. The van der Waals surface area contributed by atoms with E-state index in [1.54, 1.807) is 18.0 Å². The number of hydrogen-bond donors (Lipinski definition) is 0. The molecule has 0 aliphatic heterocycles. The van der Waals surface area contributed by atoms with Gasteiger partial charge < -0.3 is 9.64 Å². The Kier molecular flexibility index (Phi) is 5.57. The number of benzene rings is 1. The molecule has 0 aliphatic carbocycles. The largest absolute Gasteiger partial charge is 0.492 e. The summed E-state index contributed by atoms with van der Waals surface area (Å²) in [6.07, 6.45) is 3.41. The van der Waals surface area contributed by atoms with Gasteiger partial charge in [-0.3, -0.25) is 9.48 Å². The lowest BCUT2D eigenvalue weighted by Crippen LogP contribution is -2.29. The van der Waals surface area contributed by atoms with Crippen LogP contribution in [-0.4, -0.2) is 40.8 Å². The van der Waals surface area contributed by atoms with E-state index < -0.39 is 0 Å². The van der Waals surface area contributed by atoms with Crippen molar-refractivity contribution in [2.45, 2.75) is 13.8 Å². The highest BCUT2D eigenvalue weighted by atomic mass is 16.5. The zero-order valence-corrected chi connectivity index (χ0v) is 14.1. The molecule has 23 heavy (non-hydrogen) atoms. The summed E-state index contributed by atoms with van der Waals surface area (Å²) in [5.41, 5.74) is 2.96. The standard InChI is InChI=1S/C18H23N3O2/c1-14-17(15(2)21(4)19-14)10-11-18(22)20(3)12-13-23-16-8-6-5-7-9-16/h5-11H,12-13H2,1-4H3/b11-10+. The second kappa shape index (κ2) is 7.63. The summed E-state index contributed by atoms with van der Waals surface area (Å²) in [5.74, 6) is 0.759. The fourth-order valence-corrected chi connectivity index (χ4v) is 2.24. The van der Waals surface area contributed by atoms with Gasteiger partial charge in [-0.2, -0.15) is 5.10 Å². The molecular formula is C18H23N3O2. The number of hydrogen-bond acceptors (Lipinski definition) is 3. The summed E-state index contributed by atoms with van der Waals surface area (Å²) in [6, 6.07) is 9.58. The van der Waals surface area contributed by atoms with Gasteiger partial charge in [-0.1, -0.05) is 18.2 Å². The third kappa shape index (κ3) is 4.45. The summed E-state index contributed by atoms with van der Waals surface area (Å²) >= 11 is 0. The molecule has 0 aliphatic rings. The molecule has 5 nitrogen and oxygen atoms in total. The Morgan fingerprint density at radius 1 is 1.30 bits per heavy atom. The Morgan fingerprint density at radius 3 is 2.61 bits per heavy atom. The Labute approximate surface area is 137 Å². The lowest BCUT2D eigenvalue weighted by Gasteiger charge is -2.15. The van der Waals surface area contributed by atoms with Crippen molar-refractivity contribution in [3.8, 4) is 5.75 Å². The van der Waals surface area contributed by atoms with Crippen LogP contribution in [0.15, 0.2) is 36.4 Å². The van der Waals surface area contributed by atoms with Crippen molar-refractivity contribution >= 4 is 12.0 Å². The first-order valence-corrected chi connectivity index (χ1v) is 7.60. The van der Waals surface area contributed by atoms with Crippen molar-refractivity contribution in [1.82, 2.24) is 14.7 Å². The average molecular weight is 313 g/mol. The van der Waals surface area contributed by atoms with Gasteiger partial charge in [0.2, 0.25) is 5.91 Å². The van der Waals surface area contributed by atoms with E-state index in [9.17, 15) is 4.79 Å². The van der Waals surface area contributed by atoms with E-state index in [1.165, 1.54) is 0 Å². The molecule has 1 heterocycles. The predicted molar refractivity (Wildman–Crippen MR) is 91.3 cm³/mol. The van der Waals surface area contributed by atoms with Gasteiger partial charge in [0.25, 0.3) is 0 Å². The van der Waals surface area contributed by atoms with Crippen LogP contribution in [0.2, 0.25) is 0 Å². The number of carbonyl (C=O) groups is 1. The summed E-state index contributed by atoms with van der Waals surface area (Å²) in [5, 5.41) is 4.34. The third-order valence-electron chi connectivity index (χ3n) is 3.77. The van der Waals surface area contributed by atoms with Gasteiger partial charge >= 0.3 is 0 Å². The van der Waals surface area contributed by atoms with Crippen LogP contribution in [0.4, 0.5) is 0 Å². The van der Waals surface area contributed by atoms with E-state index in [-0.39, 0.29) is 5.91 Å². The van der Waals surface area contributed by atoms with Crippen LogP contribution in [0.1, 0.15) is 17.0 Å². The zero-order chi connectivity index (χ0) is 16.8. The van der Waals surface area contributed by atoms with Crippen molar-refractivity contribution in [2.75, 3.05) is 20.2 Å². The third-order valence-corrected chi connectivity index (χ3v) is 3.77. The molecule has 0 unspecified atom stereocenters. The van der Waals surface area contributed by atoms with Gasteiger partial charge in [-0.05, 0) is 32.1 Å². The molecule has 122 valence electrons. The average Bonchev–Trinajstić information content (AvgIpc) is 2.78. The lowest BCUT2D eigenvalue weighted by molar-refractivity contribution is -0.125. The van der Waals surface area contributed by atoms with Crippen LogP contribution in [-0.2, 0) is 11.8 Å². The van der Waals surface area contributed by atoms with Crippen molar-refractivity contribution in [3.63, 3.8) is 0 Å². The van der Waals surface area contributed by atoms with Crippen molar-refractivity contribution in [2.24, 2.45) is 7.05 Å². The minimum Gasteiger partial charge on any atom is -0.492 e. The second-order valence-corrected chi connectivity index (χ2v) is 5.46. The van der Waals surface area contributed by atoms with Crippen LogP contribution in [0.3, 0.4) is 0 Å². The predicted octanol–water partition coefficient (Wildman–Crippen LogP) is 2.59. The SMILES string of the molecule is Cc1nn(C)c(C)c1/C=C/C(=O)N(C)CCOc1ccccc1. The molecule has 0 spiro atoms. The van der Waals surface area contributed by atoms with Crippen molar-refractivity contribution < 1.29 is 9.53 Å². The monoisotopic (exact) mass is 313 g/mol. The highest BCUT2D eigenvalue weighted by Crippen LogP contribution is 2.13. The van der Waals surface area contributed by atoms with Gasteiger partial charge in [-0.15, -0.1) is 0 Å². The number of amides is 1. The highest BCUT2D eigenvalue weighted by Gasteiger charge is 2.08. The number of para-hydroxylation sites is 1. The Hall–Kier alpha value is -2.56. The van der Waals surface area contributed by atoms with Crippen LogP contribution in [0.25, 0.3) is 6.08 Å². The molecule has 0 bridgehead atoms. The summed E-state index contributed by atoms with van der Waals surface area (Å²) in [4.78, 5) is 13.8. The number of rotatable bonds is 6. The van der Waals surface area contributed by atoms with Crippen LogP contribution < -0.4 is 4.74 Å². The molecule has 5 heteroatoms. The molecule has 1 aromatic carbocycles. The molecular weight excluding hydrogens is 290 g/mol. The number of likely N-dealkylation sites (N-methyl/N-ethyl adjacent to an activating group) is 1. The van der Waals surface area contributed by atoms with Crippen LogP contribution in [0.5, 0.6) is 5.75 Å². The molecule has 1 amide bonds. The van der Waals surface area contributed by atoms with E-state index in [1.807, 2.05) is 62.0 Å². The summed E-state index contributed by atoms with van der Waals surface area (Å²) in [7, 11) is 3.67. The summed E-state index contributed by atoms with van der Waals surface area (Å²) in [6.45, 7) is 4.92. The first-order valence-electron chi connectivity index (χ1n) is 7.60. The van der Waals surface area contributed by atoms with E-state index in [2.05, 4.69) is 5.10 Å². The molecule has 0 atom stereocenters. The molecule has 2 rings (SSSR count). The summed E-state index contributed by atoms with van der Waals surface area (Å²) < 4.78 is 7.42. The van der Waals surface area contributed by atoms with Gasteiger partial charge in [0, 0.05) is 31.4 Å².